The molecule has 3 rings (SSSR count). The highest BCUT2D eigenvalue weighted by molar-refractivity contribution is 5.93. The van der Waals surface area contributed by atoms with Crippen LogP contribution in [0, 0.1) is 0 Å². The average Bonchev–Trinajstić information content (AvgIpc) is 3.56. The SMILES string of the molecule is COC(=O)[C@@H]1CCCN1C(=O)CNC(=O)[C@H](C)NC(=O)[C@@H]1CCCN1C(=O)OCc1ccccc1. The van der Waals surface area contributed by atoms with E-state index in [0.717, 1.165) is 5.56 Å². The van der Waals surface area contributed by atoms with Crippen LogP contribution in [-0.2, 0) is 35.3 Å². The van der Waals surface area contributed by atoms with Gasteiger partial charge in [-0.05, 0) is 38.2 Å². The van der Waals surface area contributed by atoms with E-state index >= 15 is 0 Å². The molecule has 0 unspecified atom stereocenters. The monoisotopic (exact) mass is 488 g/mol. The molecule has 0 aliphatic carbocycles. The predicted molar refractivity (Wildman–Crippen MR) is 124 cm³/mol. The van der Waals surface area contributed by atoms with Gasteiger partial charge in [0.2, 0.25) is 17.7 Å². The Morgan fingerprint density at radius 2 is 1.66 bits per heavy atom. The van der Waals surface area contributed by atoms with Gasteiger partial charge in [-0.3, -0.25) is 19.3 Å². The van der Waals surface area contributed by atoms with Crippen molar-refractivity contribution in [2.24, 2.45) is 0 Å². The van der Waals surface area contributed by atoms with Gasteiger partial charge in [0, 0.05) is 13.1 Å². The van der Waals surface area contributed by atoms with Gasteiger partial charge in [0.25, 0.3) is 0 Å². The number of ether oxygens (including phenoxy) is 2. The van der Waals surface area contributed by atoms with Crippen molar-refractivity contribution in [1.29, 1.82) is 0 Å². The lowest BCUT2D eigenvalue weighted by Crippen LogP contribution is -2.53. The summed E-state index contributed by atoms with van der Waals surface area (Å²) in [5.74, 6) is -1.88. The lowest BCUT2D eigenvalue weighted by atomic mass is 10.2. The number of amides is 4. The molecule has 0 saturated carbocycles. The van der Waals surface area contributed by atoms with Gasteiger partial charge in [-0.2, -0.15) is 0 Å². The number of nitrogens with one attached hydrogen (secondary N) is 2. The van der Waals surface area contributed by atoms with Crippen molar-refractivity contribution < 1.29 is 33.4 Å². The molecule has 3 atom stereocenters. The zero-order chi connectivity index (χ0) is 25.4. The van der Waals surface area contributed by atoms with E-state index in [4.69, 9.17) is 9.47 Å². The van der Waals surface area contributed by atoms with Crippen LogP contribution in [0.4, 0.5) is 4.79 Å². The summed E-state index contributed by atoms with van der Waals surface area (Å²) in [7, 11) is 1.27. The topological polar surface area (TPSA) is 134 Å². The van der Waals surface area contributed by atoms with E-state index in [-0.39, 0.29) is 13.2 Å². The van der Waals surface area contributed by atoms with E-state index in [9.17, 15) is 24.0 Å². The standard InChI is InChI=1S/C24H32N4O7/c1-16(21(30)25-14-20(29)27-12-7-11-19(27)23(32)34-2)26-22(31)18-10-6-13-28(18)24(33)35-15-17-8-4-3-5-9-17/h3-5,8-9,16,18-19H,6-7,10-15H2,1-2H3,(H,25,30)(H,26,31)/t16-,18-,19-/m0/s1. The van der Waals surface area contributed by atoms with Crippen LogP contribution < -0.4 is 10.6 Å². The van der Waals surface area contributed by atoms with Crippen LogP contribution in [-0.4, -0.2) is 84.5 Å². The van der Waals surface area contributed by atoms with Crippen molar-refractivity contribution in [3.63, 3.8) is 0 Å². The molecule has 1 aromatic rings. The first kappa shape index (κ1) is 26.0. The molecule has 11 nitrogen and oxygen atoms in total. The van der Waals surface area contributed by atoms with E-state index in [1.54, 1.807) is 0 Å². The minimum atomic E-state index is -0.923. The Kier molecular flexibility index (Phi) is 9.04. The van der Waals surface area contributed by atoms with Gasteiger partial charge >= 0.3 is 12.1 Å². The van der Waals surface area contributed by atoms with Crippen molar-refractivity contribution >= 4 is 29.8 Å². The van der Waals surface area contributed by atoms with Crippen molar-refractivity contribution in [2.75, 3.05) is 26.7 Å². The van der Waals surface area contributed by atoms with Crippen LogP contribution in [0.2, 0.25) is 0 Å². The fraction of sp³-hybridized carbons (Fsp3) is 0.542. The highest BCUT2D eigenvalue weighted by Crippen LogP contribution is 2.20. The molecule has 0 bridgehead atoms. The first-order valence-electron chi connectivity index (χ1n) is 11.7. The lowest BCUT2D eigenvalue weighted by molar-refractivity contribution is -0.150. The number of esters is 1. The number of hydrogen-bond acceptors (Lipinski definition) is 7. The fourth-order valence-electron chi connectivity index (χ4n) is 4.30. The van der Waals surface area contributed by atoms with E-state index < -0.39 is 47.9 Å². The third kappa shape index (κ3) is 6.71. The molecule has 2 aliphatic heterocycles. The van der Waals surface area contributed by atoms with E-state index in [0.29, 0.717) is 38.8 Å². The Morgan fingerprint density at radius 3 is 2.34 bits per heavy atom. The van der Waals surface area contributed by atoms with Crippen LogP contribution in [0.5, 0.6) is 0 Å². The van der Waals surface area contributed by atoms with Gasteiger partial charge in [0.05, 0.1) is 13.7 Å². The molecule has 2 heterocycles. The summed E-state index contributed by atoms with van der Waals surface area (Å²) >= 11 is 0. The zero-order valence-corrected chi connectivity index (χ0v) is 20.0. The second-order valence-corrected chi connectivity index (χ2v) is 8.61. The van der Waals surface area contributed by atoms with Crippen LogP contribution in [0.25, 0.3) is 0 Å². The molecular formula is C24H32N4O7. The van der Waals surface area contributed by atoms with E-state index in [2.05, 4.69) is 10.6 Å². The largest absolute Gasteiger partial charge is 0.467 e. The number of hydrogen-bond donors (Lipinski definition) is 2. The molecule has 1 aromatic carbocycles. The Labute approximate surface area is 204 Å². The fourth-order valence-corrected chi connectivity index (χ4v) is 4.30. The summed E-state index contributed by atoms with van der Waals surface area (Å²) < 4.78 is 10.1. The Bertz CT molecular complexity index is 939. The summed E-state index contributed by atoms with van der Waals surface area (Å²) in [6, 6.07) is 6.93. The smallest absolute Gasteiger partial charge is 0.410 e. The third-order valence-corrected chi connectivity index (χ3v) is 6.21. The van der Waals surface area contributed by atoms with E-state index in [1.807, 2.05) is 30.3 Å². The molecule has 2 saturated heterocycles. The predicted octanol–water partition coefficient (Wildman–Crippen LogP) is 0.573. The highest BCUT2D eigenvalue weighted by atomic mass is 16.6. The maximum Gasteiger partial charge on any atom is 0.410 e. The quantitative estimate of drug-likeness (QED) is 0.511. The first-order valence-corrected chi connectivity index (χ1v) is 11.7. The normalized spacial score (nSPS) is 20.2. The van der Waals surface area contributed by atoms with Crippen molar-refractivity contribution in [1.82, 2.24) is 20.4 Å². The molecule has 2 fully saturated rings. The van der Waals surface area contributed by atoms with Gasteiger partial charge in [0.15, 0.2) is 0 Å². The molecule has 4 amide bonds. The average molecular weight is 489 g/mol. The van der Waals surface area contributed by atoms with Gasteiger partial charge in [-0.1, -0.05) is 30.3 Å². The molecule has 2 N–H and O–H groups in total. The number of carbonyl (C=O) groups is 5. The number of benzene rings is 1. The van der Waals surface area contributed by atoms with Crippen LogP contribution in [0.3, 0.4) is 0 Å². The Balaban J connectivity index is 1.45. The molecule has 0 radical (unpaired) electrons. The minimum Gasteiger partial charge on any atom is -0.467 e. The number of likely N-dealkylation sites (tertiary alicyclic amines) is 2. The maximum absolute atomic E-state index is 12.8. The van der Waals surface area contributed by atoms with Crippen molar-refractivity contribution in [2.45, 2.75) is 57.3 Å². The summed E-state index contributed by atoms with van der Waals surface area (Å²) in [6.45, 7) is 2.10. The maximum atomic E-state index is 12.8. The van der Waals surface area contributed by atoms with Crippen LogP contribution in [0.1, 0.15) is 38.2 Å². The Hall–Kier alpha value is -3.63. The lowest BCUT2D eigenvalue weighted by Gasteiger charge is -2.25. The molecular weight excluding hydrogens is 456 g/mol. The molecule has 0 spiro atoms. The number of nitrogens with zero attached hydrogens (tertiary/aromatic N) is 2. The van der Waals surface area contributed by atoms with Crippen LogP contribution >= 0.6 is 0 Å². The first-order chi connectivity index (χ1) is 16.8. The zero-order valence-electron chi connectivity index (χ0n) is 20.0. The summed E-state index contributed by atoms with van der Waals surface area (Å²) in [5, 5.41) is 5.11. The Morgan fingerprint density at radius 1 is 1.00 bits per heavy atom. The van der Waals surface area contributed by atoms with Gasteiger partial charge in [-0.25, -0.2) is 9.59 Å². The number of rotatable bonds is 8. The minimum absolute atomic E-state index is 0.102. The summed E-state index contributed by atoms with van der Waals surface area (Å²) in [5.41, 5.74) is 0.840. The van der Waals surface area contributed by atoms with Crippen molar-refractivity contribution in [3.05, 3.63) is 35.9 Å². The molecule has 35 heavy (non-hydrogen) atoms. The number of carbonyl (C=O) groups excluding carboxylic acids is 5. The summed E-state index contributed by atoms with van der Waals surface area (Å²) in [4.78, 5) is 64.8. The van der Waals surface area contributed by atoms with Crippen molar-refractivity contribution in [3.8, 4) is 0 Å². The second kappa shape index (κ2) is 12.2. The van der Waals surface area contributed by atoms with E-state index in [1.165, 1.54) is 23.8 Å². The summed E-state index contributed by atoms with van der Waals surface area (Å²) in [6.07, 6.45) is 1.72. The van der Waals surface area contributed by atoms with Crippen LogP contribution in [0.15, 0.2) is 30.3 Å². The highest BCUT2D eigenvalue weighted by Gasteiger charge is 2.37. The number of methoxy groups -OCH3 is 1. The molecule has 190 valence electrons. The molecule has 2 aliphatic rings. The van der Waals surface area contributed by atoms with Gasteiger partial charge in [0.1, 0.15) is 24.7 Å². The second-order valence-electron chi connectivity index (χ2n) is 8.61. The molecule has 0 aromatic heterocycles. The van der Waals surface area contributed by atoms with Gasteiger partial charge in [-0.15, -0.1) is 0 Å². The third-order valence-electron chi connectivity index (χ3n) is 6.21. The molecule has 11 heteroatoms. The van der Waals surface area contributed by atoms with Gasteiger partial charge < -0.3 is 25.0 Å².